The van der Waals surface area contributed by atoms with Crippen molar-refractivity contribution in [1.29, 1.82) is 0 Å². The van der Waals surface area contributed by atoms with E-state index < -0.39 is 0 Å². The van der Waals surface area contributed by atoms with Crippen LogP contribution >= 0.6 is 15.9 Å². The van der Waals surface area contributed by atoms with Crippen molar-refractivity contribution in [2.24, 2.45) is 0 Å². The molecule has 2 nitrogen and oxygen atoms in total. The zero-order chi connectivity index (χ0) is 14.8. The molecule has 1 heterocycles. The fourth-order valence-electron chi connectivity index (χ4n) is 2.74. The van der Waals surface area contributed by atoms with Gasteiger partial charge in [0.05, 0.1) is 0 Å². The average Bonchev–Trinajstić information content (AvgIpc) is 2.92. The van der Waals surface area contributed by atoms with Gasteiger partial charge in [-0.1, -0.05) is 53.2 Å². The molecule has 0 aliphatic rings. The zero-order valence-electron chi connectivity index (χ0n) is 11.8. The highest BCUT2D eigenvalue weighted by molar-refractivity contribution is 9.10. The van der Waals surface area contributed by atoms with Crippen LogP contribution in [-0.2, 0) is 0 Å². The first-order valence-corrected chi connectivity index (χ1v) is 7.85. The highest BCUT2D eigenvalue weighted by atomic mass is 79.9. The second-order valence-electron chi connectivity index (χ2n) is 5.13. The zero-order valence-corrected chi connectivity index (χ0v) is 13.4. The Labute approximate surface area is 132 Å². The lowest BCUT2D eigenvalue weighted by Gasteiger charge is -2.13. The number of carbonyl (C=O) groups is 1. The molecule has 0 aliphatic heterocycles. The summed E-state index contributed by atoms with van der Waals surface area (Å²) >= 11 is 3.47. The lowest BCUT2D eigenvalue weighted by atomic mass is 9.88. The van der Waals surface area contributed by atoms with E-state index in [2.05, 4.69) is 27.8 Å². The van der Waals surface area contributed by atoms with Gasteiger partial charge in [-0.25, -0.2) is 0 Å². The lowest BCUT2D eigenvalue weighted by molar-refractivity contribution is 0.0959. The standard InChI is InChI=1S/C18H16BrNO/c1-2-14(12-6-4-3-5-7-12)18(21)16-11-20-17-9-8-13(19)10-15(16)17/h3-11,14,20H,2H2,1H3. The summed E-state index contributed by atoms with van der Waals surface area (Å²) in [6.45, 7) is 2.06. The summed E-state index contributed by atoms with van der Waals surface area (Å²) in [6, 6.07) is 15.9. The first kappa shape index (κ1) is 14.1. The van der Waals surface area contributed by atoms with Crippen molar-refractivity contribution in [2.45, 2.75) is 19.3 Å². The Morgan fingerprint density at radius 1 is 1.19 bits per heavy atom. The molecular formula is C18H16BrNO. The Balaban J connectivity index is 2.05. The minimum absolute atomic E-state index is 0.0934. The van der Waals surface area contributed by atoms with Gasteiger partial charge in [0, 0.05) is 33.1 Å². The van der Waals surface area contributed by atoms with Crippen LogP contribution in [0.5, 0.6) is 0 Å². The number of rotatable bonds is 4. The molecule has 1 atom stereocenters. The van der Waals surface area contributed by atoms with Gasteiger partial charge in [-0.05, 0) is 30.2 Å². The van der Waals surface area contributed by atoms with E-state index in [0.29, 0.717) is 0 Å². The molecule has 0 radical (unpaired) electrons. The predicted octanol–water partition coefficient (Wildman–Crippen LogP) is 5.31. The maximum Gasteiger partial charge on any atom is 0.172 e. The molecule has 3 aromatic rings. The monoisotopic (exact) mass is 341 g/mol. The Bertz CT molecular complexity index is 776. The minimum atomic E-state index is -0.0934. The molecule has 0 saturated heterocycles. The predicted molar refractivity (Wildman–Crippen MR) is 89.8 cm³/mol. The van der Waals surface area contributed by atoms with Gasteiger partial charge in [-0.2, -0.15) is 0 Å². The molecule has 0 spiro atoms. The summed E-state index contributed by atoms with van der Waals surface area (Å²) in [6.07, 6.45) is 2.62. The molecule has 1 aromatic heterocycles. The quantitative estimate of drug-likeness (QED) is 0.641. The normalized spacial score (nSPS) is 12.5. The number of H-pyrrole nitrogens is 1. The smallest absolute Gasteiger partial charge is 0.172 e. The van der Waals surface area contributed by atoms with Gasteiger partial charge in [0.2, 0.25) is 0 Å². The van der Waals surface area contributed by atoms with Crippen LogP contribution in [0.3, 0.4) is 0 Å². The first-order valence-electron chi connectivity index (χ1n) is 7.06. The second-order valence-corrected chi connectivity index (χ2v) is 6.04. The van der Waals surface area contributed by atoms with Crippen molar-refractivity contribution < 1.29 is 4.79 Å². The topological polar surface area (TPSA) is 32.9 Å². The molecule has 1 N–H and O–H groups in total. The maximum absolute atomic E-state index is 12.9. The molecular weight excluding hydrogens is 326 g/mol. The summed E-state index contributed by atoms with van der Waals surface area (Å²) in [4.78, 5) is 16.1. The van der Waals surface area contributed by atoms with Crippen molar-refractivity contribution in [3.63, 3.8) is 0 Å². The Kier molecular flexibility index (Phi) is 3.93. The minimum Gasteiger partial charge on any atom is -0.360 e. The second kappa shape index (κ2) is 5.86. The van der Waals surface area contributed by atoms with Crippen LogP contribution in [0.2, 0.25) is 0 Å². The van der Waals surface area contributed by atoms with Crippen LogP contribution in [0.25, 0.3) is 10.9 Å². The van der Waals surface area contributed by atoms with E-state index in [-0.39, 0.29) is 11.7 Å². The van der Waals surface area contributed by atoms with E-state index in [1.807, 2.05) is 54.7 Å². The van der Waals surface area contributed by atoms with E-state index in [1.54, 1.807) is 0 Å². The average molecular weight is 342 g/mol. The van der Waals surface area contributed by atoms with Crippen molar-refractivity contribution in [1.82, 2.24) is 4.98 Å². The fourth-order valence-corrected chi connectivity index (χ4v) is 3.10. The molecule has 1 unspecified atom stereocenters. The van der Waals surface area contributed by atoms with E-state index in [0.717, 1.165) is 32.9 Å². The van der Waals surface area contributed by atoms with Crippen molar-refractivity contribution >= 4 is 32.6 Å². The number of halogens is 1. The van der Waals surface area contributed by atoms with Gasteiger partial charge in [-0.15, -0.1) is 0 Å². The van der Waals surface area contributed by atoms with E-state index in [1.165, 1.54) is 0 Å². The molecule has 0 fully saturated rings. The third-order valence-electron chi connectivity index (χ3n) is 3.84. The Morgan fingerprint density at radius 2 is 1.95 bits per heavy atom. The van der Waals surface area contributed by atoms with Gasteiger partial charge in [0.1, 0.15) is 0 Å². The molecule has 3 rings (SSSR count). The highest BCUT2D eigenvalue weighted by Gasteiger charge is 2.22. The van der Waals surface area contributed by atoms with Gasteiger partial charge in [-0.3, -0.25) is 4.79 Å². The maximum atomic E-state index is 12.9. The highest BCUT2D eigenvalue weighted by Crippen LogP contribution is 2.29. The van der Waals surface area contributed by atoms with Gasteiger partial charge in [0.15, 0.2) is 5.78 Å². The Hall–Kier alpha value is -1.87. The van der Waals surface area contributed by atoms with Crippen LogP contribution in [0.1, 0.15) is 35.2 Å². The number of benzene rings is 2. The summed E-state index contributed by atoms with van der Waals surface area (Å²) in [5.74, 6) is 0.0808. The number of carbonyl (C=O) groups excluding carboxylic acids is 1. The van der Waals surface area contributed by atoms with Crippen molar-refractivity contribution in [3.05, 3.63) is 70.3 Å². The third kappa shape index (κ3) is 2.66. The van der Waals surface area contributed by atoms with Gasteiger partial charge in [0.25, 0.3) is 0 Å². The number of hydrogen-bond acceptors (Lipinski definition) is 1. The molecule has 0 aliphatic carbocycles. The number of nitrogens with one attached hydrogen (secondary N) is 1. The number of hydrogen-bond donors (Lipinski definition) is 1. The lowest BCUT2D eigenvalue weighted by Crippen LogP contribution is -2.11. The number of aromatic amines is 1. The van der Waals surface area contributed by atoms with Crippen LogP contribution in [0, 0.1) is 0 Å². The van der Waals surface area contributed by atoms with E-state index in [4.69, 9.17) is 0 Å². The number of fused-ring (bicyclic) bond motifs is 1. The van der Waals surface area contributed by atoms with E-state index in [9.17, 15) is 4.79 Å². The fraction of sp³-hybridized carbons (Fsp3) is 0.167. The van der Waals surface area contributed by atoms with Crippen LogP contribution in [0.4, 0.5) is 0 Å². The van der Waals surface area contributed by atoms with Crippen LogP contribution < -0.4 is 0 Å². The molecule has 106 valence electrons. The molecule has 2 aromatic carbocycles. The van der Waals surface area contributed by atoms with Crippen LogP contribution in [-0.4, -0.2) is 10.8 Å². The number of Topliss-reactive ketones (excluding diaryl/α,β-unsaturated/α-hetero) is 1. The third-order valence-corrected chi connectivity index (χ3v) is 4.33. The largest absolute Gasteiger partial charge is 0.360 e. The summed E-state index contributed by atoms with van der Waals surface area (Å²) < 4.78 is 0.983. The molecule has 3 heteroatoms. The van der Waals surface area contributed by atoms with Crippen LogP contribution in [0.15, 0.2) is 59.2 Å². The van der Waals surface area contributed by atoms with E-state index >= 15 is 0 Å². The summed E-state index contributed by atoms with van der Waals surface area (Å²) in [7, 11) is 0. The van der Waals surface area contributed by atoms with Crippen molar-refractivity contribution in [2.75, 3.05) is 0 Å². The molecule has 21 heavy (non-hydrogen) atoms. The first-order chi connectivity index (χ1) is 10.2. The van der Waals surface area contributed by atoms with Gasteiger partial charge >= 0.3 is 0 Å². The Morgan fingerprint density at radius 3 is 2.67 bits per heavy atom. The summed E-state index contributed by atoms with van der Waals surface area (Å²) in [5.41, 5.74) is 2.83. The summed E-state index contributed by atoms with van der Waals surface area (Å²) in [5, 5.41) is 0.976. The molecule has 0 bridgehead atoms. The SMILES string of the molecule is CCC(C(=O)c1c[nH]c2ccc(Br)cc12)c1ccccc1. The number of aromatic nitrogens is 1. The molecule has 0 amide bonds. The van der Waals surface area contributed by atoms with Crippen molar-refractivity contribution in [3.8, 4) is 0 Å². The van der Waals surface area contributed by atoms with Gasteiger partial charge < -0.3 is 4.98 Å². The number of ketones is 1. The molecule has 0 saturated carbocycles.